The molecular weight excluding hydrogens is 244 g/mol. The molecule has 3 heteroatoms. The fraction of sp³-hybridized carbons (Fsp3) is 0.667. The maximum atomic E-state index is 5.99. The van der Waals surface area contributed by atoms with Gasteiger partial charge in [0, 0.05) is 36.7 Å². The number of pyridine rings is 1. The van der Waals surface area contributed by atoms with Gasteiger partial charge in [-0.3, -0.25) is 4.98 Å². The SMILES string of the molecule is CC(C)(C)C1CCN(c2ccncc2CCl)CC1. The number of halogens is 1. The summed E-state index contributed by atoms with van der Waals surface area (Å²) in [5, 5.41) is 0. The predicted molar refractivity (Wildman–Crippen MR) is 78.2 cm³/mol. The molecule has 1 fully saturated rings. The highest BCUT2D eigenvalue weighted by molar-refractivity contribution is 6.17. The van der Waals surface area contributed by atoms with Crippen molar-refractivity contribution in [1.82, 2.24) is 4.98 Å². The third-order valence-electron chi connectivity index (χ3n) is 4.08. The van der Waals surface area contributed by atoms with Gasteiger partial charge in [0.25, 0.3) is 0 Å². The average Bonchev–Trinajstić information content (AvgIpc) is 2.38. The zero-order chi connectivity index (χ0) is 13.2. The van der Waals surface area contributed by atoms with Gasteiger partial charge in [-0.15, -0.1) is 11.6 Å². The fourth-order valence-corrected chi connectivity index (χ4v) is 3.02. The number of anilines is 1. The lowest BCUT2D eigenvalue weighted by molar-refractivity contribution is 0.199. The highest BCUT2D eigenvalue weighted by atomic mass is 35.5. The molecule has 1 aromatic rings. The third-order valence-corrected chi connectivity index (χ3v) is 4.37. The first-order valence-electron chi connectivity index (χ1n) is 6.76. The third kappa shape index (κ3) is 2.97. The zero-order valence-electron chi connectivity index (χ0n) is 11.6. The van der Waals surface area contributed by atoms with Gasteiger partial charge in [0.05, 0.1) is 5.88 Å². The summed E-state index contributed by atoms with van der Waals surface area (Å²) in [5.41, 5.74) is 2.85. The molecule has 1 saturated heterocycles. The molecular formula is C15H23ClN2. The van der Waals surface area contributed by atoms with Gasteiger partial charge >= 0.3 is 0 Å². The van der Waals surface area contributed by atoms with Crippen LogP contribution in [0, 0.1) is 11.3 Å². The molecule has 2 nitrogen and oxygen atoms in total. The van der Waals surface area contributed by atoms with Gasteiger partial charge in [0.1, 0.15) is 0 Å². The van der Waals surface area contributed by atoms with Crippen LogP contribution in [0.25, 0.3) is 0 Å². The van der Waals surface area contributed by atoms with Crippen LogP contribution in [0.5, 0.6) is 0 Å². The van der Waals surface area contributed by atoms with E-state index in [1.807, 2.05) is 12.4 Å². The Kier molecular flexibility index (Phi) is 4.16. The van der Waals surface area contributed by atoms with Crippen molar-refractivity contribution in [2.45, 2.75) is 39.5 Å². The molecule has 0 aliphatic carbocycles. The molecule has 100 valence electrons. The van der Waals surface area contributed by atoms with Gasteiger partial charge in [-0.05, 0) is 30.2 Å². The minimum Gasteiger partial charge on any atom is -0.371 e. The monoisotopic (exact) mass is 266 g/mol. The number of alkyl halides is 1. The molecule has 0 spiro atoms. The highest BCUT2D eigenvalue weighted by Gasteiger charge is 2.29. The molecule has 0 bridgehead atoms. The number of hydrogen-bond donors (Lipinski definition) is 0. The van der Waals surface area contributed by atoms with Crippen LogP contribution in [-0.2, 0) is 5.88 Å². The summed E-state index contributed by atoms with van der Waals surface area (Å²) in [4.78, 5) is 6.61. The Hall–Kier alpha value is -0.760. The average molecular weight is 267 g/mol. The van der Waals surface area contributed by atoms with Crippen LogP contribution in [0.4, 0.5) is 5.69 Å². The summed E-state index contributed by atoms with van der Waals surface area (Å²) in [6, 6.07) is 2.09. The van der Waals surface area contributed by atoms with E-state index in [-0.39, 0.29) is 0 Å². The van der Waals surface area contributed by atoms with Crippen LogP contribution < -0.4 is 4.90 Å². The molecule has 0 unspecified atom stereocenters. The molecule has 2 heterocycles. The van der Waals surface area contributed by atoms with Crippen molar-refractivity contribution in [1.29, 1.82) is 0 Å². The Morgan fingerprint density at radius 3 is 2.56 bits per heavy atom. The lowest BCUT2D eigenvalue weighted by Gasteiger charge is -2.40. The Morgan fingerprint density at radius 2 is 2.00 bits per heavy atom. The van der Waals surface area contributed by atoms with Crippen molar-refractivity contribution in [2.24, 2.45) is 11.3 Å². The maximum Gasteiger partial charge on any atom is 0.0509 e. The fourth-order valence-electron chi connectivity index (χ4n) is 2.82. The molecule has 1 aromatic heterocycles. The molecule has 0 N–H and O–H groups in total. The van der Waals surface area contributed by atoms with E-state index >= 15 is 0 Å². The van der Waals surface area contributed by atoms with Gasteiger partial charge in [-0.2, -0.15) is 0 Å². The molecule has 0 radical (unpaired) electrons. The standard InChI is InChI=1S/C15H23ClN2/c1-15(2,3)13-5-8-18(9-6-13)14-4-7-17-11-12(14)10-16/h4,7,11,13H,5-6,8-10H2,1-3H3. The molecule has 0 amide bonds. The summed E-state index contributed by atoms with van der Waals surface area (Å²) in [6.45, 7) is 9.32. The smallest absolute Gasteiger partial charge is 0.0509 e. The maximum absolute atomic E-state index is 5.99. The summed E-state index contributed by atoms with van der Waals surface area (Å²) in [7, 11) is 0. The van der Waals surface area contributed by atoms with Crippen molar-refractivity contribution >= 4 is 17.3 Å². The van der Waals surface area contributed by atoms with E-state index in [4.69, 9.17) is 11.6 Å². The zero-order valence-corrected chi connectivity index (χ0v) is 12.4. The largest absolute Gasteiger partial charge is 0.371 e. The van der Waals surface area contributed by atoms with Gasteiger partial charge in [0.2, 0.25) is 0 Å². The van der Waals surface area contributed by atoms with E-state index in [0.717, 1.165) is 24.6 Å². The first kappa shape index (κ1) is 13.7. The van der Waals surface area contributed by atoms with Crippen molar-refractivity contribution in [3.05, 3.63) is 24.0 Å². The van der Waals surface area contributed by atoms with Crippen molar-refractivity contribution in [2.75, 3.05) is 18.0 Å². The molecule has 0 saturated carbocycles. The van der Waals surface area contributed by atoms with E-state index in [1.165, 1.54) is 18.5 Å². The topological polar surface area (TPSA) is 16.1 Å². The lowest BCUT2D eigenvalue weighted by atomic mass is 9.75. The first-order chi connectivity index (χ1) is 8.52. The van der Waals surface area contributed by atoms with E-state index in [2.05, 4.69) is 36.7 Å². The second-order valence-electron chi connectivity index (χ2n) is 6.27. The molecule has 2 rings (SSSR count). The molecule has 1 aliphatic heterocycles. The Labute approximate surface area is 115 Å². The molecule has 0 atom stereocenters. The summed E-state index contributed by atoms with van der Waals surface area (Å²) < 4.78 is 0. The van der Waals surface area contributed by atoms with Gasteiger partial charge in [-0.25, -0.2) is 0 Å². The highest BCUT2D eigenvalue weighted by Crippen LogP contribution is 2.36. The normalized spacial score (nSPS) is 18.1. The number of rotatable bonds is 2. The van der Waals surface area contributed by atoms with Crippen LogP contribution in [0.2, 0.25) is 0 Å². The van der Waals surface area contributed by atoms with E-state index in [0.29, 0.717) is 11.3 Å². The quantitative estimate of drug-likeness (QED) is 0.750. The van der Waals surface area contributed by atoms with Crippen LogP contribution in [0.15, 0.2) is 18.5 Å². The number of aromatic nitrogens is 1. The van der Waals surface area contributed by atoms with Gasteiger partial charge < -0.3 is 4.90 Å². The number of nitrogens with zero attached hydrogens (tertiary/aromatic N) is 2. The number of piperidine rings is 1. The molecule has 0 aromatic carbocycles. The Morgan fingerprint density at radius 1 is 1.33 bits per heavy atom. The van der Waals surface area contributed by atoms with Gasteiger partial charge in [0.15, 0.2) is 0 Å². The second-order valence-corrected chi connectivity index (χ2v) is 6.53. The van der Waals surface area contributed by atoms with E-state index in [1.54, 1.807) is 0 Å². The van der Waals surface area contributed by atoms with Gasteiger partial charge in [-0.1, -0.05) is 20.8 Å². The molecule has 1 aliphatic rings. The van der Waals surface area contributed by atoms with Crippen LogP contribution in [0.1, 0.15) is 39.2 Å². The minimum absolute atomic E-state index is 0.430. The first-order valence-corrected chi connectivity index (χ1v) is 7.29. The van der Waals surface area contributed by atoms with Crippen LogP contribution in [-0.4, -0.2) is 18.1 Å². The van der Waals surface area contributed by atoms with Crippen LogP contribution >= 0.6 is 11.6 Å². The Bertz CT molecular complexity index is 390. The summed E-state index contributed by atoms with van der Waals surface area (Å²) in [6.07, 6.45) is 6.29. The van der Waals surface area contributed by atoms with Crippen molar-refractivity contribution < 1.29 is 0 Å². The van der Waals surface area contributed by atoms with E-state index < -0.39 is 0 Å². The minimum atomic E-state index is 0.430. The predicted octanol–water partition coefficient (Wildman–Crippen LogP) is 4.08. The second kappa shape index (κ2) is 5.48. The van der Waals surface area contributed by atoms with Crippen LogP contribution in [0.3, 0.4) is 0 Å². The number of hydrogen-bond acceptors (Lipinski definition) is 2. The lowest BCUT2D eigenvalue weighted by Crippen LogP contribution is -2.38. The molecule has 18 heavy (non-hydrogen) atoms. The van der Waals surface area contributed by atoms with Crippen molar-refractivity contribution in [3.8, 4) is 0 Å². The Balaban J connectivity index is 2.06. The van der Waals surface area contributed by atoms with Crippen molar-refractivity contribution in [3.63, 3.8) is 0 Å². The van der Waals surface area contributed by atoms with E-state index in [9.17, 15) is 0 Å². The summed E-state index contributed by atoms with van der Waals surface area (Å²) in [5.74, 6) is 1.37. The summed E-state index contributed by atoms with van der Waals surface area (Å²) >= 11 is 5.99.